The Hall–Kier alpha value is -0.0900. The van der Waals surface area contributed by atoms with Crippen LogP contribution in [0.2, 0.25) is 0 Å². The van der Waals surface area contributed by atoms with E-state index >= 15 is 0 Å². The fraction of sp³-hybridized carbons (Fsp3) is 1.00. The second-order valence-corrected chi connectivity index (χ2v) is 4.49. The number of hydrogen-bond donors (Lipinski definition) is 6. The summed E-state index contributed by atoms with van der Waals surface area (Å²) in [6.45, 7) is -0.702. The molecule has 6 N–H and O–H groups in total. The second-order valence-electron chi connectivity index (χ2n) is 3.29. The van der Waals surface area contributed by atoms with Crippen molar-refractivity contribution < 1.29 is 44.0 Å². The summed E-state index contributed by atoms with van der Waals surface area (Å²) < 4.78 is 19.2. The molecule has 0 radical (unpaired) electrons. The molecule has 16 heavy (non-hydrogen) atoms. The monoisotopic (exact) mass is 260 g/mol. The summed E-state index contributed by atoms with van der Waals surface area (Å²) >= 11 is 0. The van der Waals surface area contributed by atoms with Crippen molar-refractivity contribution in [3.63, 3.8) is 0 Å². The molecule has 0 aliphatic carbocycles. The zero-order valence-corrected chi connectivity index (χ0v) is 8.84. The summed E-state index contributed by atoms with van der Waals surface area (Å²) in [5.74, 6) is 0. The lowest BCUT2D eigenvalue weighted by Crippen LogP contribution is -2.58. The van der Waals surface area contributed by atoms with E-state index in [-0.39, 0.29) is 0 Å². The van der Waals surface area contributed by atoms with Gasteiger partial charge in [-0.25, -0.2) is 4.57 Å². The van der Waals surface area contributed by atoms with E-state index in [9.17, 15) is 19.9 Å². The van der Waals surface area contributed by atoms with Gasteiger partial charge in [-0.15, -0.1) is 0 Å². The van der Waals surface area contributed by atoms with Gasteiger partial charge >= 0.3 is 7.82 Å². The molecule has 1 heterocycles. The average molecular weight is 260 g/mol. The van der Waals surface area contributed by atoms with Gasteiger partial charge in [0.05, 0.1) is 6.61 Å². The van der Waals surface area contributed by atoms with E-state index in [2.05, 4.69) is 9.26 Å². The first-order chi connectivity index (χ1) is 7.26. The number of hydrogen-bond acceptors (Lipinski definition) is 7. The molecule has 0 unspecified atom stereocenters. The second kappa shape index (κ2) is 5.05. The van der Waals surface area contributed by atoms with E-state index in [0.717, 1.165) is 0 Å². The van der Waals surface area contributed by atoms with Crippen LogP contribution in [0.25, 0.3) is 0 Å². The molecule has 9 nitrogen and oxygen atoms in total. The smallest absolute Gasteiger partial charge is 0.394 e. The molecule has 1 fully saturated rings. The summed E-state index contributed by atoms with van der Waals surface area (Å²) in [6, 6.07) is 0. The zero-order chi connectivity index (χ0) is 12.5. The minimum atomic E-state index is -4.91. The van der Waals surface area contributed by atoms with Gasteiger partial charge in [0.25, 0.3) is 0 Å². The van der Waals surface area contributed by atoms with Crippen LogP contribution in [0.5, 0.6) is 0 Å². The highest BCUT2D eigenvalue weighted by Gasteiger charge is 2.46. The van der Waals surface area contributed by atoms with Gasteiger partial charge in [0.1, 0.15) is 24.4 Å². The minimum absolute atomic E-state index is 0.702. The molecule has 1 aliphatic rings. The van der Waals surface area contributed by atoms with Crippen molar-refractivity contribution in [1.82, 2.24) is 0 Å². The van der Waals surface area contributed by atoms with E-state index in [1.165, 1.54) is 0 Å². The fourth-order valence-corrected chi connectivity index (χ4v) is 1.73. The third kappa shape index (κ3) is 3.20. The lowest BCUT2D eigenvalue weighted by atomic mass is 10.00. The van der Waals surface area contributed by atoms with Crippen LogP contribution in [0.4, 0.5) is 0 Å². The van der Waals surface area contributed by atoms with Crippen molar-refractivity contribution in [1.29, 1.82) is 0 Å². The SMILES string of the molecule is O=P(O)(O)O[C@H]1O[C@H](CO)[C@H](O)[C@@H](O)[C@H]1O. The van der Waals surface area contributed by atoms with Crippen LogP contribution < -0.4 is 0 Å². The molecule has 0 aromatic carbocycles. The normalized spacial score (nSPS) is 41.0. The largest absolute Gasteiger partial charge is 0.472 e. The van der Waals surface area contributed by atoms with E-state index in [1.807, 2.05) is 0 Å². The van der Waals surface area contributed by atoms with Crippen LogP contribution in [0.3, 0.4) is 0 Å². The molecule has 0 spiro atoms. The maximum atomic E-state index is 10.5. The third-order valence-electron chi connectivity index (χ3n) is 2.09. The topological polar surface area (TPSA) is 157 Å². The van der Waals surface area contributed by atoms with E-state index < -0.39 is 45.1 Å². The molecule has 5 atom stereocenters. The molecule has 1 rings (SSSR count). The highest BCUT2D eigenvalue weighted by atomic mass is 31.2. The van der Waals surface area contributed by atoms with Crippen molar-refractivity contribution in [3.8, 4) is 0 Å². The maximum absolute atomic E-state index is 10.5. The number of phosphoric acid groups is 1. The molecule has 0 amide bonds. The maximum Gasteiger partial charge on any atom is 0.472 e. The Bertz CT molecular complexity index is 275. The highest BCUT2D eigenvalue weighted by Crippen LogP contribution is 2.40. The first-order valence-corrected chi connectivity index (χ1v) is 5.83. The predicted octanol–water partition coefficient (Wildman–Crippen LogP) is -3.10. The number of phosphoric ester groups is 1. The lowest BCUT2D eigenvalue weighted by molar-refractivity contribution is -0.280. The van der Waals surface area contributed by atoms with E-state index in [0.29, 0.717) is 0 Å². The Morgan fingerprint density at radius 3 is 2.12 bits per heavy atom. The molecular weight excluding hydrogens is 247 g/mol. The predicted molar refractivity (Wildman–Crippen MR) is 46.9 cm³/mol. The molecule has 1 aliphatic heterocycles. The van der Waals surface area contributed by atoms with Crippen LogP contribution in [-0.2, 0) is 13.8 Å². The molecule has 96 valence electrons. The zero-order valence-electron chi connectivity index (χ0n) is 7.95. The first kappa shape index (κ1) is 14.0. The fourth-order valence-electron chi connectivity index (χ4n) is 1.29. The number of aliphatic hydroxyl groups excluding tert-OH is 4. The quantitative estimate of drug-likeness (QED) is 0.289. The summed E-state index contributed by atoms with van der Waals surface area (Å²) in [6.07, 6.45) is -8.25. The van der Waals surface area contributed by atoms with Gasteiger partial charge in [-0.1, -0.05) is 0 Å². The van der Waals surface area contributed by atoms with Crippen LogP contribution in [0.1, 0.15) is 0 Å². The molecule has 0 aromatic rings. The molecule has 0 bridgehead atoms. The van der Waals surface area contributed by atoms with Gasteiger partial charge in [-0.05, 0) is 0 Å². The Morgan fingerprint density at radius 1 is 1.12 bits per heavy atom. The lowest BCUT2D eigenvalue weighted by Gasteiger charge is -2.39. The van der Waals surface area contributed by atoms with Crippen molar-refractivity contribution in [2.24, 2.45) is 0 Å². The molecule has 0 aromatic heterocycles. The Morgan fingerprint density at radius 2 is 1.69 bits per heavy atom. The van der Waals surface area contributed by atoms with Crippen LogP contribution >= 0.6 is 7.82 Å². The Balaban J connectivity index is 2.75. The van der Waals surface area contributed by atoms with Crippen LogP contribution in [0, 0.1) is 0 Å². The van der Waals surface area contributed by atoms with Gasteiger partial charge in [0.2, 0.25) is 0 Å². The summed E-state index contributed by atoms with van der Waals surface area (Å²) in [4.78, 5) is 17.0. The molecular formula is C6H13O9P. The van der Waals surface area contributed by atoms with Crippen molar-refractivity contribution >= 4 is 7.82 Å². The van der Waals surface area contributed by atoms with Gasteiger partial charge in [-0.2, -0.15) is 0 Å². The van der Waals surface area contributed by atoms with E-state index in [1.54, 1.807) is 0 Å². The summed E-state index contributed by atoms with van der Waals surface area (Å²) in [7, 11) is -4.91. The standard InChI is InChI=1S/C6H13O9P/c7-1-2-3(8)4(9)5(10)6(14-2)15-16(11,12)13/h2-10H,1H2,(H2,11,12,13)/t2-,3+,4-,5-,6-/m1/s1. The van der Waals surface area contributed by atoms with Crippen molar-refractivity contribution in [2.45, 2.75) is 30.7 Å². The first-order valence-electron chi connectivity index (χ1n) is 4.30. The average Bonchev–Trinajstić information content (AvgIpc) is 2.17. The van der Waals surface area contributed by atoms with E-state index in [4.69, 9.17) is 14.9 Å². The number of aliphatic hydroxyl groups is 4. The van der Waals surface area contributed by atoms with Gasteiger partial charge in [-0.3, -0.25) is 4.52 Å². The molecule has 0 saturated carbocycles. The number of ether oxygens (including phenoxy) is 1. The van der Waals surface area contributed by atoms with Crippen molar-refractivity contribution in [3.05, 3.63) is 0 Å². The molecule has 10 heteroatoms. The van der Waals surface area contributed by atoms with Gasteiger partial charge < -0.3 is 34.9 Å². The van der Waals surface area contributed by atoms with Crippen LogP contribution in [-0.4, -0.2) is 67.5 Å². The van der Waals surface area contributed by atoms with Crippen LogP contribution in [0.15, 0.2) is 0 Å². The number of rotatable bonds is 3. The Labute approximate surface area is 90.1 Å². The Kier molecular flexibility index (Phi) is 4.41. The van der Waals surface area contributed by atoms with Gasteiger partial charge in [0.15, 0.2) is 6.29 Å². The molecule has 1 saturated heterocycles. The third-order valence-corrected chi connectivity index (χ3v) is 2.57. The summed E-state index contributed by atoms with van der Waals surface area (Å²) in [5, 5.41) is 36.6. The highest BCUT2D eigenvalue weighted by molar-refractivity contribution is 7.46. The minimum Gasteiger partial charge on any atom is -0.394 e. The summed E-state index contributed by atoms with van der Waals surface area (Å²) in [5.41, 5.74) is 0. The van der Waals surface area contributed by atoms with Gasteiger partial charge in [0, 0.05) is 0 Å². The van der Waals surface area contributed by atoms with Crippen molar-refractivity contribution in [2.75, 3.05) is 6.61 Å².